The Morgan fingerprint density at radius 1 is 0.566 bits per heavy atom. The Kier molecular flexibility index (Phi) is 24.2. The molecule has 19 nitrogen and oxygen atoms in total. The zero-order valence-corrected chi connectivity index (χ0v) is 31.8. The van der Waals surface area contributed by atoms with Crippen LogP contribution in [0.25, 0.3) is 0 Å². The maximum atomic E-state index is 13.4. The van der Waals surface area contributed by atoms with Crippen molar-refractivity contribution < 1.29 is 43.5 Å². The molecule has 0 aliphatic carbocycles. The molecular formula is C34H64N10O9. The first kappa shape index (κ1) is 48.6. The van der Waals surface area contributed by atoms with Gasteiger partial charge in [-0.25, -0.2) is 4.79 Å². The number of unbranched alkanes of at least 4 members (excludes halogenated alkanes) is 2. The van der Waals surface area contributed by atoms with Crippen LogP contribution < -0.4 is 54.8 Å². The van der Waals surface area contributed by atoms with Gasteiger partial charge in [-0.3, -0.25) is 33.6 Å². The molecule has 0 aromatic carbocycles. The molecule has 0 aliphatic heterocycles. The van der Waals surface area contributed by atoms with Crippen molar-refractivity contribution >= 4 is 47.3 Å². The molecule has 19 heteroatoms. The van der Waals surface area contributed by atoms with E-state index in [2.05, 4.69) is 31.9 Å². The van der Waals surface area contributed by atoms with Gasteiger partial charge in [0, 0.05) is 6.42 Å². The van der Waals surface area contributed by atoms with Gasteiger partial charge in [-0.1, -0.05) is 34.1 Å². The number of carboxylic acids is 1. The Balaban J connectivity index is 5.71. The standard InChI is InChI=1S/C34H64N10O9/c1-19(2)16-25(31(49)39-18-28(46)41-26(34(52)53)17-20(3)4)44-29(47)21(5)40-32(50)23(11-7-9-15-36)43-33(51)24(12-13-27(38)45)42-30(48)22(37)10-6-8-14-35/h19-26H,6-18,35-37H2,1-5H3,(H2,38,45)(H,39,49)(H,40,50)(H,41,46)(H,42,48)(H,43,51)(H,44,47)(H,52,53). The average Bonchev–Trinajstić information content (AvgIpc) is 3.07. The summed E-state index contributed by atoms with van der Waals surface area (Å²) in [5.74, 6) is -6.24. The van der Waals surface area contributed by atoms with Crippen LogP contribution in [0.15, 0.2) is 0 Å². The van der Waals surface area contributed by atoms with Crippen LogP contribution in [0.3, 0.4) is 0 Å². The highest BCUT2D eigenvalue weighted by Gasteiger charge is 2.31. The lowest BCUT2D eigenvalue weighted by atomic mass is 10.0. The summed E-state index contributed by atoms with van der Waals surface area (Å²) in [5.41, 5.74) is 22.4. The van der Waals surface area contributed by atoms with Gasteiger partial charge in [0.15, 0.2) is 0 Å². The number of nitrogens with one attached hydrogen (secondary N) is 6. The van der Waals surface area contributed by atoms with Crippen molar-refractivity contribution in [3.63, 3.8) is 0 Å². The quantitative estimate of drug-likeness (QED) is 0.0372. The first-order valence-corrected chi connectivity index (χ1v) is 18.3. The van der Waals surface area contributed by atoms with Crippen LogP contribution in [0.4, 0.5) is 0 Å². The van der Waals surface area contributed by atoms with E-state index in [1.165, 1.54) is 6.92 Å². The highest BCUT2D eigenvalue weighted by Crippen LogP contribution is 2.09. The van der Waals surface area contributed by atoms with Crippen molar-refractivity contribution in [2.75, 3.05) is 19.6 Å². The summed E-state index contributed by atoms with van der Waals surface area (Å²) in [5, 5.41) is 24.4. The highest BCUT2D eigenvalue weighted by atomic mass is 16.4. The Labute approximate surface area is 312 Å². The van der Waals surface area contributed by atoms with Crippen LogP contribution in [0, 0.1) is 11.8 Å². The van der Waals surface area contributed by atoms with Gasteiger partial charge >= 0.3 is 5.97 Å². The van der Waals surface area contributed by atoms with E-state index in [0.29, 0.717) is 45.2 Å². The van der Waals surface area contributed by atoms with Gasteiger partial charge in [0.25, 0.3) is 0 Å². The number of hydrogen-bond acceptors (Lipinski definition) is 11. The number of rotatable bonds is 28. The predicted molar refractivity (Wildman–Crippen MR) is 197 cm³/mol. The molecule has 0 saturated carbocycles. The zero-order chi connectivity index (χ0) is 40.7. The number of aliphatic carboxylic acids is 1. The second-order valence-electron chi connectivity index (χ2n) is 14.0. The van der Waals surface area contributed by atoms with Gasteiger partial charge in [-0.2, -0.15) is 0 Å². The molecule has 0 aromatic rings. The topological polar surface area (TPSA) is 333 Å². The number of nitrogens with two attached hydrogens (primary N) is 4. The van der Waals surface area contributed by atoms with E-state index in [4.69, 9.17) is 22.9 Å². The Bertz CT molecular complexity index is 1220. The molecule has 0 spiro atoms. The van der Waals surface area contributed by atoms with Crippen molar-refractivity contribution in [2.24, 2.45) is 34.8 Å². The maximum Gasteiger partial charge on any atom is 0.326 e. The molecule has 6 atom stereocenters. The summed E-state index contributed by atoms with van der Waals surface area (Å²) in [6.45, 7) is 8.85. The van der Waals surface area contributed by atoms with E-state index in [-0.39, 0.29) is 43.9 Å². The van der Waals surface area contributed by atoms with Crippen LogP contribution in [-0.2, 0) is 38.4 Å². The van der Waals surface area contributed by atoms with E-state index < -0.39 is 90.1 Å². The fourth-order valence-corrected chi connectivity index (χ4v) is 5.12. The first-order chi connectivity index (χ1) is 24.8. The SMILES string of the molecule is CC(C)CC(NC(=O)CNC(=O)C(CC(C)C)NC(=O)C(C)NC(=O)C(CCCCN)NC(=O)C(CCC(N)=O)NC(=O)C(N)CCCCN)C(=O)O. The van der Waals surface area contributed by atoms with Crippen LogP contribution >= 0.6 is 0 Å². The predicted octanol–water partition coefficient (Wildman–Crippen LogP) is -2.43. The van der Waals surface area contributed by atoms with Crippen molar-refractivity contribution in [1.82, 2.24) is 31.9 Å². The minimum absolute atomic E-state index is 0.00404. The van der Waals surface area contributed by atoms with Crippen LogP contribution in [0.2, 0.25) is 0 Å². The molecule has 0 aliphatic rings. The van der Waals surface area contributed by atoms with E-state index in [1.54, 1.807) is 13.8 Å². The number of hydrogen-bond donors (Lipinski definition) is 11. The maximum absolute atomic E-state index is 13.4. The molecule has 0 aromatic heterocycles. The second-order valence-corrected chi connectivity index (χ2v) is 14.0. The Hall–Kier alpha value is -4.36. The van der Waals surface area contributed by atoms with Crippen LogP contribution in [0.1, 0.15) is 98.8 Å². The molecule has 0 radical (unpaired) electrons. The van der Waals surface area contributed by atoms with Crippen LogP contribution in [-0.4, -0.2) is 108 Å². The summed E-state index contributed by atoms with van der Waals surface area (Å²) in [6, 6.07) is -6.78. The van der Waals surface area contributed by atoms with Crippen molar-refractivity contribution in [2.45, 2.75) is 135 Å². The Morgan fingerprint density at radius 3 is 1.58 bits per heavy atom. The van der Waals surface area contributed by atoms with Crippen molar-refractivity contribution in [3.8, 4) is 0 Å². The summed E-state index contributed by atoms with van der Waals surface area (Å²) >= 11 is 0. The molecule has 0 fully saturated rings. The third kappa shape index (κ3) is 21.7. The molecule has 15 N–H and O–H groups in total. The minimum atomic E-state index is -1.25. The van der Waals surface area contributed by atoms with Gasteiger partial charge in [0.1, 0.15) is 30.2 Å². The van der Waals surface area contributed by atoms with Crippen LogP contribution in [0.5, 0.6) is 0 Å². The smallest absolute Gasteiger partial charge is 0.326 e. The summed E-state index contributed by atoms with van der Waals surface area (Å²) < 4.78 is 0. The van der Waals surface area contributed by atoms with Gasteiger partial charge in [-0.05, 0) is 83.2 Å². The van der Waals surface area contributed by atoms with Gasteiger partial charge in [0.05, 0.1) is 12.6 Å². The molecular weight excluding hydrogens is 692 g/mol. The fourth-order valence-electron chi connectivity index (χ4n) is 5.12. The number of primary amides is 1. The lowest BCUT2D eigenvalue weighted by molar-refractivity contribution is -0.142. The normalized spacial score (nSPS) is 14.5. The number of amides is 7. The largest absolute Gasteiger partial charge is 0.480 e. The van der Waals surface area contributed by atoms with Gasteiger partial charge in [0.2, 0.25) is 41.4 Å². The summed E-state index contributed by atoms with van der Waals surface area (Å²) in [7, 11) is 0. The third-order valence-corrected chi connectivity index (χ3v) is 8.05. The monoisotopic (exact) mass is 756 g/mol. The molecule has 6 unspecified atom stereocenters. The number of carbonyl (C=O) groups is 8. The zero-order valence-electron chi connectivity index (χ0n) is 31.8. The summed E-state index contributed by atoms with van der Waals surface area (Å²) in [4.78, 5) is 101. The molecule has 7 amide bonds. The lowest BCUT2D eigenvalue weighted by Crippen LogP contribution is -2.58. The second kappa shape index (κ2) is 26.4. The van der Waals surface area contributed by atoms with E-state index in [9.17, 15) is 43.5 Å². The van der Waals surface area contributed by atoms with Gasteiger partial charge < -0.3 is 59.9 Å². The van der Waals surface area contributed by atoms with Crippen molar-refractivity contribution in [3.05, 3.63) is 0 Å². The van der Waals surface area contributed by atoms with E-state index in [1.807, 2.05) is 13.8 Å². The average molecular weight is 757 g/mol. The summed E-state index contributed by atoms with van der Waals surface area (Å²) in [6.07, 6.45) is 2.61. The first-order valence-electron chi connectivity index (χ1n) is 18.3. The fraction of sp³-hybridized carbons (Fsp3) is 0.765. The number of carboxylic acid groups (broad SMARTS) is 1. The third-order valence-electron chi connectivity index (χ3n) is 8.05. The van der Waals surface area contributed by atoms with Gasteiger partial charge in [-0.15, -0.1) is 0 Å². The van der Waals surface area contributed by atoms with Crippen molar-refractivity contribution in [1.29, 1.82) is 0 Å². The molecule has 304 valence electrons. The molecule has 0 rings (SSSR count). The molecule has 0 heterocycles. The highest BCUT2D eigenvalue weighted by molar-refractivity contribution is 5.96. The molecule has 0 bridgehead atoms. The minimum Gasteiger partial charge on any atom is -0.480 e. The van der Waals surface area contributed by atoms with E-state index >= 15 is 0 Å². The number of carbonyl (C=O) groups excluding carboxylic acids is 7. The molecule has 53 heavy (non-hydrogen) atoms. The lowest BCUT2D eigenvalue weighted by Gasteiger charge is -2.26. The van der Waals surface area contributed by atoms with E-state index in [0.717, 1.165) is 0 Å². The Morgan fingerprint density at radius 2 is 1.06 bits per heavy atom. The molecule has 0 saturated heterocycles.